The zero-order valence-electron chi connectivity index (χ0n) is 14.3. The van der Waals surface area contributed by atoms with Gasteiger partial charge in [-0.3, -0.25) is 4.31 Å². The van der Waals surface area contributed by atoms with Gasteiger partial charge in [0, 0.05) is 5.41 Å². The zero-order chi connectivity index (χ0) is 19.8. The van der Waals surface area contributed by atoms with E-state index in [1.54, 1.807) is 37.3 Å². The number of para-hydroxylation sites is 1. The van der Waals surface area contributed by atoms with Crippen LogP contribution in [-0.2, 0) is 19.9 Å². The molecule has 2 aromatic carbocycles. The van der Waals surface area contributed by atoms with Gasteiger partial charge in [-0.15, -0.1) is 0 Å². The monoisotopic (exact) mass is 407 g/mol. The molecule has 1 aliphatic heterocycles. The fourth-order valence-electron chi connectivity index (χ4n) is 2.91. The molecule has 142 valence electrons. The van der Waals surface area contributed by atoms with Crippen molar-refractivity contribution in [2.24, 2.45) is 0 Å². The Hall–Kier alpha value is -2.65. The molecule has 7 nitrogen and oxygen atoms in total. The molecular formula is C18H17NO6S2. The Kier molecular flexibility index (Phi) is 4.83. The van der Waals surface area contributed by atoms with Crippen LogP contribution in [0.15, 0.2) is 64.9 Å². The fourth-order valence-corrected chi connectivity index (χ4v) is 6.13. The van der Waals surface area contributed by atoms with Gasteiger partial charge in [0.25, 0.3) is 10.0 Å². The van der Waals surface area contributed by atoms with E-state index < -0.39 is 31.9 Å². The Morgan fingerprint density at radius 3 is 2.37 bits per heavy atom. The summed E-state index contributed by atoms with van der Waals surface area (Å²) in [7, 11) is -7.72. The van der Waals surface area contributed by atoms with Crippen molar-refractivity contribution in [3.8, 4) is 0 Å². The van der Waals surface area contributed by atoms with Gasteiger partial charge in [0.15, 0.2) is 9.84 Å². The highest BCUT2D eigenvalue weighted by Gasteiger charge is 2.36. The average molecular weight is 407 g/mol. The van der Waals surface area contributed by atoms with E-state index in [0.717, 1.165) is 15.8 Å². The van der Waals surface area contributed by atoms with Crippen molar-refractivity contribution < 1.29 is 26.7 Å². The van der Waals surface area contributed by atoms with E-state index >= 15 is 0 Å². The van der Waals surface area contributed by atoms with Crippen LogP contribution in [-0.4, -0.2) is 39.7 Å². The van der Waals surface area contributed by atoms with Crippen molar-refractivity contribution in [3.05, 3.63) is 71.1 Å². The minimum atomic E-state index is -4.22. The number of rotatable bonds is 5. The van der Waals surface area contributed by atoms with E-state index in [1.165, 1.54) is 18.2 Å². The number of aromatic carboxylic acids is 1. The maximum atomic E-state index is 13.4. The molecule has 0 saturated carbocycles. The van der Waals surface area contributed by atoms with Gasteiger partial charge in [0.2, 0.25) is 0 Å². The highest BCUT2D eigenvalue weighted by atomic mass is 32.2. The molecule has 0 spiro atoms. The second-order valence-electron chi connectivity index (χ2n) is 6.15. The molecule has 0 bridgehead atoms. The van der Waals surface area contributed by atoms with E-state index in [9.17, 15) is 26.7 Å². The molecule has 0 saturated heterocycles. The topological polar surface area (TPSA) is 109 Å². The number of sulfone groups is 1. The molecule has 0 unspecified atom stereocenters. The van der Waals surface area contributed by atoms with Crippen molar-refractivity contribution in [1.82, 2.24) is 0 Å². The van der Waals surface area contributed by atoms with Crippen LogP contribution in [0.5, 0.6) is 0 Å². The number of carbonyl (C=O) groups is 1. The second kappa shape index (κ2) is 6.82. The highest BCUT2D eigenvalue weighted by molar-refractivity contribution is 7.95. The number of sulfonamides is 1. The summed E-state index contributed by atoms with van der Waals surface area (Å²) in [6.45, 7) is 1.56. The number of hydrogen-bond donors (Lipinski definition) is 1. The third-order valence-electron chi connectivity index (χ3n) is 4.19. The van der Waals surface area contributed by atoms with E-state index in [-0.39, 0.29) is 16.2 Å². The molecule has 2 aromatic rings. The summed E-state index contributed by atoms with van der Waals surface area (Å²) in [6.07, 6.45) is 1.33. The van der Waals surface area contributed by atoms with Crippen LogP contribution in [0.2, 0.25) is 0 Å². The molecule has 27 heavy (non-hydrogen) atoms. The van der Waals surface area contributed by atoms with Gasteiger partial charge < -0.3 is 5.11 Å². The van der Waals surface area contributed by atoms with Gasteiger partial charge in [0.05, 0.1) is 27.9 Å². The lowest BCUT2D eigenvalue weighted by molar-refractivity contribution is 0.0696. The third-order valence-corrected chi connectivity index (χ3v) is 7.57. The van der Waals surface area contributed by atoms with E-state index in [1.807, 2.05) is 0 Å². The predicted octanol–water partition coefficient (Wildman–Crippen LogP) is 2.20. The summed E-state index contributed by atoms with van der Waals surface area (Å²) < 4.78 is 51.6. The molecular weight excluding hydrogens is 390 g/mol. The molecule has 1 N–H and O–H groups in total. The first-order valence-electron chi connectivity index (χ1n) is 7.96. The average Bonchev–Trinajstić information content (AvgIpc) is 2.95. The van der Waals surface area contributed by atoms with Gasteiger partial charge in [-0.2, -0.15) is 0 Å². The number of carboxylic acid groups (broad SMARTS) is 1. The number of anilines is 1. The van der Waals surface area contributed by atoms with Crippen molar-refractivity contribution in [2.75, 3.05) is 10.1 Å². The third kappa shape index (κ3) is 3.74. The minimum absolute atomic E-state index is 0.165. The summed E-state index contributed by atoms with van der Waals surface area (Å²) in [6, 6.07) is 11.0. The molecule has 0 amide bonds. The van der Waals surface area contributed by atoms with Gasteiger partial charge in [0.1, 0.15) is 0 Å². The minimum Gasteiger partial charge on any atom is -0.478 e. The zero-order valence-corrected chi connectivity index (χ0v) is 15.9. The maximum Gasteiger partial charge on any atom is 0.335 e. The highest BCUT2D eigenvalue weighted by Crippen LogP contribution is 2.31. The van der Waals surface area contributed by atoms with Gasteiger partial charge in [-0.1, -0.05) is 24.3 Å². The lowest BCUT2D eigenvalue weighted by Gasteiger charge is -2.29. The molecule has 0 aromatic heterocycles. The first-order valence-corrected chi connectivity index (χ1v) is 11.1. The quantitative estimate of drug-likeness (QED) is 0.814. The van der Waals surface area contributed by atoms with Crippen LogP contribution in [0.25, 0.3) is 0 Å². The van der Waals surface area contributed by atoms with E-state index in [2.05, 4.69) is 0 Å². The van der Waals surface area contributed by atoms with Crippen LogP contribution < -0.4 is 4.31 Å². The van der Waals surface area contributed by atoms with Crippen LogP contribution in [0, 0.1) is 6.92 Å². The molecule has 3 rings (SSSR count). The lowest BCUT2D eigenvalue weighted by atomic mass is 10.1. The van der Waals surface area contributed by atoms with Crippen LogP contribution in [0.3, 0.4) is 0 Å². The lowest BCUT2D eigenvalue weighted by Crippen LogP contribution is -2.41. The molecule has 0 radical (unpaired) electrons. The van der Waals surface area contributed by atoms with Crippen molar-refractivity contribution in [2.45, 2.75) is 17.9 Å². The standard InChI is InChI=1S/C18H17NO6S2/c1-13-7-8-14(18(20)21)11-17(13)27(24,25)19(15-5-3-2-4-6-15)16-9-10-26(22,23)12-16/h2-11,16H,12H2,1H3,(H,20,21)/t16-/m1/s1. The van der Waals surface area contributed by atoms with E-state index in [0.29, 0.717) is 11.3 Å². The summed E-state index contributed by atoms with van der Waals surface area (Å²) in [5.74, 6) is -1.63. The SMILES string of the molecule is Cc1ccc(C(=O)O)cc1S(=O)(=O)N(c1ccccc1)[C@@H]1C=CS(=O)(=O)C1. The van der Waals surface area contributed by atoms with Gasteiger partial charge in [-0.05, 0) is 42.8 Å². The first-order chi connectivity index (χ1) is 12.6. The predicted molar refractivity (Wildman–Crippen MR) is 101 cm³/mol. The Morgan fingerprint density at radius 2 is 1.81 bits per heavy atom. The van der Waals surface area contributed by atoms with Gasteiger partial charge in [-0.25, -0.2) is 21.6 Å². The van der Waals surface area contributed by atoms with Crippen LogP contribution in [0.4, 0.5) is 5.69 Å². The summed E-state index contributed by atoms with van der Waals surface area (Å²) in [5.41, 5.74) is 0.497. The molecule has 0 fully saturated rings. The van der Waals surface area contributed by atoms with E-state index in [4.69, 9.17) is 0 Å². The largest absolute Gasteiger partial charge is 0.478 e. The Bertz CT molecular complexity index is 1120. The molecule has 0 aliphatic carbocycles. The van der Waals surface area contributed by atoms with Crippen LogP contribution >= 0.6 is 0 Å². The maximum absolute atomic E-state index is 13.4. The number of carboxylic acids is 1. The molecule has 1 heterocycles. The first kappa shape index (κ1) is 19.1. The molecule has 1 atom stereocenters. The van der Waals surface area contributed by atoms with Crippen molar-refractivity contribution >= 4 is 31.5 Å². The number of hydrogen-bond acceptors (Lipinski definition) is 5. The van der Waals surface area contributed by atoms with Crippen molar-refractivity contribution in [1.29, 1.82) is 0 Å². The summed E-state index contributed by atoms with van der Waals surface area (Å²) in [5, 5.41) is 10.2. The Morgan fingerprint density at radius 1 is 1.15 bits per heavy atom. The smallest absolute Gasteiger partial charge is 0.335 e. The van der Waals surface area contributed by atoms with Crippen LogP contribution in [0.1, 0.15) is 15.9 Å². The summed E-state index contributed by atoms with van der Waals surface area (Å²) in [4.78, 5) is 11.1. The number of nitrogens with zero attached hydrogens (tertiary/aromatic N) is 1. The Labute approximate surface area is 157 Å². The van der Waals surface area contributed by atoms with Crippen molar-refractivity contribution in [3.63, 3.8) is 0 Å². The molecule has 1 aliphatic rings. The number of benzene rings is 2. The number of aryl methyl sites for hydroxylation is 1. The second-order valence-corrected chi connectivity index (χ2v) is 9.86. The fraction of sp³-hybridized carbons (Fsp3) is 0.167. The van der Waals surface area contributed by atoms with Gasteiger partial charge >= 0.3 is 5.97 Å². The Balaban J connectivity index is 2.19. The molecule has 9 heteroatoms. The normalized spacial score (nSPS) is 18.3. The summed E-state index contributed by atoms with van der Waals surface area (Å²) >= 11 is 0.